The van der Waals surface area contributed by atoms with E-state index in [9.17, 15) is 14.4 Å². The summed E-state index contributed by atoms with van der Waals surface area (Å²) in [5, 5.41) is 14.7. The third-order valence-electron chi connectivity index (χ3n) is 5.48. The molecule has 11 heteroatoms. The molecule has 4 aromatic rings. The first kappa shape index (κ1) is 27.4. The molecule has 3 aromatic carbocycles. The van der Waals surface area contributed by atoms with E-state index < -0.39 is 5.97 Å². The molecule has 0 bridgehead atoms. The van der Waals surface area contributed by atoms with Crippen LogP contribution in [0, 0.1) is 0 Å². The summed E-state index contributed by atoms with van der Waals surface area (Å²) in [6, 6.07) is 22.7. The van der Waals surface area contributed by atoms with E-state index in [1.54, 1.807) is 67.1 Å². The van der Waals surface area contributed by atoms with E-state index >= 15 is 0 Å². The normalized spacial score (nSPS) is 10.5. The largest absolute Gasteiger partial charge is 0.495 e. The van der Waals surface area contributed by atoms with Gasteiger partial charge in [-0.15, -0.1) is 10.2 Å². The lowest BCUT2D eigenvalue weighted by Gasteiger charge is -2.14. The van der Waals surface area contributed by atoms with Crippen LogP contribution in [-0.4, -0.2) is 52.0 Å². The van der Waals surface area contributed by atoms with Gasteiger partial charge in [0.15, 0.2) is 11.0 Å². The summed E-state index contributed by atoms with van der Waals surface area (Å²) in [6.45, 7) is 2.13. The molecule has 0 unspecified atom stereocenters. The average molecular weight is 546 g/mol. The highest BCUT2D eigenvalue weighted by Crippen LogP contribution is 2.28. The Bertz CT molecular complexity index is 1440. The third kappa shape index (κ3) is 7.02. The number of carbonyl (C=O) groups excluding carboxylic acids is 3. The first-order valence-electron chi connectivity index (χ1n) is 12.1. The SMILES string of the molecule is CCOC(=O)c1ccc(NC(=O)CSc2nnc(CNC(=O)c3ccccc3)n2-c2ccccc2OC)cc1. The van der Waals surface area contributed by atoms with Crippen LogP contribution in [0.5, 0.6) is 5.75 Å². The molecule has 0 aliphatic heterocycles. The van der Waals surface area contributed by atoms with Crippen LogP contribution in [0.25, 0.3) is 5.69 Å². The number of ether oxygens (including phenoxy) is 2. The van der Waals surface area contributed by atoms with Gasteiger partial charge in [-0.1, -0.05) is 42.1 Å². The van der Waals surface area contributed by atoms with E-state index in [4.69, 9.17) is 9.47 Å². The van der Waals surface area contributed by atoms with Gasteiger partial charge < -0.3 is 20.1 Å². The van der Waals surface area contributed by atoms with E-state index in [2.05, 4.69) is 20.8 Å². The molecule has 0 atom stereocenters. The number of benzene rings is 3. The lowest BCUT2D eigenvalue weighted by molar-refractivity contribution is -0.113. The van der Waals surface area contributed by atoms with Gasteiger partial charge in [-0.3, -0.25) is 14.2 Å². The maximum Gasteiger partial charge on any atom is 0.338 e. The summed E-state index contributed by atoms with van der Waals surface area (Å²) in [7, 11) is 1.56. The smallest absolute Gasteiger partial charge is 0.338 e. The Labute approximate surface area is 229 Å². The van der Waals surface area contributed by atoms with Crippen molar-refractivity contribution in [3.63, 3.8) is 0 Å². The number of rotatable bonds is 11. The molecule has 0 fully saturated rings. The van der Waals surface area contributed by atoms with Gasteiger partial charge in [-0.05, 0) is 55.5 Å². The Morgan fingerprint density at radius 1 is 0.897 bits per heavy atom. The molecule has 2 N–H and O–H groups in total. The molecule has 0 spiro atoms. The number of amides is 2. The molecule has 0 saturated heterocycles. The van der Waals surface area contributed by atoms with Gasteiger partial charge in [0.25, 0.3) is 5.91 Å². The minimum atomic E-state index is -0.419. The lowest BCUT2D eigenvalue weighted by atomic mass is 10.2. The molecule has 0 radical (unpaired) electrons. The fourth-order valence-corrected chi connectivity index (χ4v) is 4.41. The van der Waals surface area contributed by atoms with Crippen molar-refractivity contribution in [2.75, 3.05) is 24.8 Å². The highest BCUT2D eigenvalue weighted by molar-refractivity contribution is 7.99. The maximum atomic E-state index is 12.7. The van der Waals surface area contributed by atoms with Gasteiger partial charge in [0.05, 0.1) is 37.3 Å². The fraction of sp³-hybridized carbons (Fsp3) is 0.179. The number of thioether (sulfide) groups is 1. The minimum absolute atomic E-state index is 0.0449. The van der Waals surface area contributed by atoms with E-state index in [1.165, 1.54) is 11.8 Å². The molecule has 0 saturated carbocycles. The van der Waals surface area contributed by atoms with E-state index in [0.717, 1.165) is 0 Å². The lowest BCUT2D eigenvalue weighted by Crippen LogP contribution is -2.24. The van der Waals surface area contributed by atoms with Crippen LogP contribution in [0.2, 0.25) is 0 Å². The van der Waals surface area contributed by atoms with E-state index in [1.807, 2.05) is 30.3 Å². The highest BCUT2D eigenvalue weighted by Gasteiger charge is 2.19. The molecule has 0 aliphatic rings. The number of nitrogens with zero attached hydrogens (tertiary/aromatic N) is 3. The number of para-hydroxylation sites is 2. The zero-order valence-electron chi connectivity index (χ0n) is 21.4. The minimum Gasteiger partial charge on any atom is -0.495 e. The quantitative estimate of drug-likeness (QED) is 0.213. The molecular formula is C28H27N5O5S. The maximum absolute atomic E-state index is 12.7. The molecule has 4 rings (SSSR count). The third-order valence-corrected chi connectivity index (χ3v) is 6.41. The summed E-state index contributed by atoms with van der Waals surface area (Å²) in [5.41, 5.74) is 2.15. The van der Waals surface area contributed by atoms with Gasteiger partial charge in [-0.25, -0.2) is 4.79 Å². The van der Waals surface area contributed by atoms with Crippen molar-refractivity contribution < 1.29 is 23.9 Å². The average Bonchev–Trinajstić information content (AvgIpc) is 3.38. The van der Waals surface area contributed by atoms with Crippen LogP contribution in [0.15, 0.2) is 84.0 Å². The predicted octanol–water partition coefficient (Wildman–Crippen LogP) is 4.11. The Morgan fingerprint density at radius 2 is 1.62 bits per heavy atom. The number of nitrogens with one attached hydrogen (secondary N) is 2. The summed E-state index contributed by atoms with van der Waals surface area (Å²) in [6.07, 6.45) is 0. The summed E-state index contributed by atoms with van der Waals surface area (Å²) >= 11 is 1.19. The first-order valence-corrected chi connectivity index (χ1v) is 13.1. The van der Waals surface area contributed by atoms with Gasteiger partial charge in [0.2, 0.25) is 5.91 Å². The van der Waals surface area contributed by atoms with E-state index in [-0.39, 0.29) is 30.7 Å². The van der Waals surface area contributed by atoms with Crippen molar-refractivity contribution in [1.29, 1.82) is 0 Å². The second kappa shape index (κ2) is 13.2. The highest BCUT2D eigenvalue weighted by atomic mass is 32.2. The molecule has 2 amide bonds. The fourth-order valence-electron chi connectivity index (χ4n) is 3.65. The van der Waals surface area contributed by atoms with Crippen LogP contribution in [0.4, 0.5) is 5.69 Å². The number of hydrogen-bond donors (Lipinski definition) is 2. The molecule has 0 aliphatic carbocycles. The van der Waals surface area contributed by atoms with Crippen LogP contribution in [0.3, 0.4) is 0 Å². The van der Waals surface area contributed by atoms with E-state index in [0.29, 0.717) is 39.2 Å². The second-order valence-electron chi connectivity index (χ2n) is 8.09. The topological polar surface area (TPSA) is 124 Å². The monoisotopic (exact) mass is 545 g/mol. The number of esters is 1. The zero-order valence-corrected chi connectivity index (χ0v) is 22.2. The van der Waals surface area contributed by atoms with Gasteiger partial charge in [0, 0.05) is 11.3 Å². The van der Waals surface area contributed by atoms with Crippen LogP contribution < -0.4 is 15.4 Å². The number of hydrogen-bond acceptors (Lipinski definition) is 8. The number of aromatic nitrogens is 3. The molecular weight excluding hydrogens is 518 g/mol. The number of carbonyl (C=O) groups is 3. The van der Waals surface area contributed by atoms with Crippen molar-refractivity contribution >= 4 is 35.2 Å². The Balaban J connectivity index is 1.48. The Hall–Kier alpha value is -4.64. The first-order chi connectivity index (χ1) is 19.0. The standard InChI is InChI=1S/C28H27N5O5S/c1-3-38-27(36)20-13-15-21(16-14-20)30-25(34)18-39-28-32-31-24(17-29-26(35)19-9-5-4-6-10-19)33(28)22-11-7-8-12-23(22)37-2/h4-16H,3,17-18H2,1-2H3,(H,29,35)(H,30,34). The molecule has 10 nitrogen and oxygen atoms in total. The van der Waals surface area contributed by atoms with Crippen molar-refractivity contribution in [1.82, 2.24) is 20.1 Å². The van der Waals surface area contributed by atoms with Crippen LogP contribution >= 0.6 is 11.8 Å². The Kier molecular flexibility index (Phi) is 9.30. The van der Waals surface area contributed by atoms with Crippen molar-refractivity contribution in [2.24, 2.45) is 0 Å². The number of anilines is 1. The molecule has 1 aromatic heterocycles. The summed E-state index contributed by atoms with van der Waals surface area (Å²) in [4.78, 5) is 37.1. The van der Waals surface area contributed by atoms with Crippen molar-refractivity contribution in [3.8, 4) is 11.4 Å². The van der Waals surface area contributed by atoms with Crippen molar-refractivity contribution in [2.45, 2.75) is 18.6 Å². The molecule has 200 valence electrons. The van der Waals surface area contributed by atoms with Crippen LogP contribution in [0.1, 0.15) is 33.5 Å². The molecule has 1 heterocycles. The Morgan fingerprint density at radius 3 is 2.33 bits per heavy atom. The molecule has 39 heavy (non-hydrogen) atoms. The van der Waals surface area contributed by atoms with Gasteiger partial charge in [-0.2, -0.15) is 0 Å². The number of methoxy groups -OCH3 is 1. The predicted molar refractivity (Wildman–Crippen MR) is 147 cm³/mol. The van der Waals surface area contributed by atoms with Gasteiger partial charge in [0.1, 0.15) is 5.75 Å². The summed E-state index contributed by atoms with van der Waals surface area (Å²) < 4.78 is 12.3. The van der Waals surface area contributed by atoms with Gasteiger partial charge >= 0.3 is 5.97 Å². The zero-order chi connectivity index (χ0) is 27.6. The second-order valence-corrected chi connectivity index (χ2v) is 9.03. The van der Waals surface area contributed by atoms with Crippen molar-refractivity contribution in [3.05, 3.63) is 95.8 Å². The summed E-state index contributed by atoms with van der Waals surface area (Å²) in [5.74, 6) is 0.174. The van der Waals surface area contributed by atoms with Crippen LogP contribution in [-0.2, 0) is 16.1 Å².